The topological polar surface area (TPSA) is 127 Å². The molecule has 0 aliphatic rings. The molecule has 3 N–H and O–H groups in total. The molecular weight excluding hydrogens is 274 g/mol. The van der Waals surface area contributed by atoms with Crippen molar-refractivity contribution in [1.82, 2.24) is 4.31 Å². The Morgan fingerprint density at radius 1 is 1.47 bits per heavy atom. The highest BCUT2D eigenvalue weighted by molar-refractivity contribution is 7.89. The number of rotatable bonds is 6. The summed E-state index contributed by atoms with van der Waals surface area (Å²) in [5, 5.41) is 19.7. The number of likely N-dealkylation sites (N-methyl/N-ethyl adjacent to an activating group) is 1. The van der Waals surface area contributed by atoms with Crippen LogP contribution in [-0.2, 0) is 10.0 Å². The normalized spacial score (nSPS) is 11.7. The van der Waals surface area contributed by atoms with E-state index in [4.69, 9.17) is 10.8 Å². The number of nitrogens with zero attached hydrogens (tertiary/aromatic N) is 2. The second-order valence-electron chi connectivity index (χ2n) is 3.70. The van der Waals surface area contributed by atoms with E-state index >= 15 is 0 Å². The van der Waals surface area contributed by atoms with E-state index < -0.39 is 25.5 Å². The monoisotopic (exact) mass is 289 g/mol. The number of nitro benzene ring substituents is 1. The minimum Gasteiger partial charge on any atom is -0.399 e. The lowest BCUT2D eigenvalue weighted by atomic mass is 10.3. The maximum absolute atomic E-state index is 12.3. The van der Waals surface area contributed by atoms with Gasteiger partial charge >= 0.3 is 0 Å². The standard InChI is InChI=1S/C10H15N3O5S/c1-2-12(5-6-14)19(17,18)10-7-8(11)3-4-9(10)13(15)16/h3-4,7,14H,2,5-6,11H2,1H3. The molecule has 8 nitrogen and oxygen atoms in total. The first-order valence-electron chi connectivity index (χ1n) is 5.49. The first-order valence-corrected chi connectivity index (χ1v) is 6.93. The second kappa shape index (κ2) is 5.95. The molecule has 1 aromatic rings. The first-order chi connectivity index (χ1) is 8.84. The van der Waals surface area contributed by atoms with Crippen molar-refractivity contribution >= 4 is 21.4 Å². The van der Waals surface area contributed by atoms with Crippen molar-refractivity contribution < 1.29 is 18.4 Å². The van der Waals surface area contributed by atoms with Gasteiger partial charge in [0.25, 0.3) is 5.69 Å². The van der Waals surface area contributed by atoms with E-state index in [-0.39, 0.29) is 25.4 Å². The number of anilines is 1. The second-order valence-corrected chi connectivity index (χ2v) is 5.61. The summed E-state index contributed by atoms with van der Waals surface area (Å²) in [4.78, 5) is 9.64. The Kier molecular flexibility index (Phi) is 4.81. The highest BCUT2D eigenvalue weighted by Crippen LogP contribution is 2.28. The van der Waals surface area contributed by atoms with E-state index in [1.165, 1.54) is 6.07 Å². The Balaban J connectivity index is 3.42. The fourth-order valence-corrected chi connectivity index (χ4v) is 3.22. The van der Waals surface area contributed by atoms with Crippen molar-refractivity contribution in [2.45, 2.75) is 11.8 Å². The molecule has 0 amide bonds. The minimum atomic E-state index is -4.06. The van der Waals surface area contributed by atoms with Crippen LogP contribution in [0.4, 0.5) is 11.4 Å². The molecule has 0 saturated heterocycles. The fourth-order valence-electron chi connectivity index (χ4n) is 1.59. The number of sulfonamides is 1. The first kappa shape index (κ1) is 15.3. The maximum Gasteiger partial charge on any atom is 0.289 e. The largest absolute Gasteiger partial charge is 0.399 e. The molecule has 0 spiro atoms. The van der Waals surface area contributed by atoms with Crippen molar-refractivity contribution in [2.75, 3.05) is 25.4 Å². The number of nitro groups is 1. The number of benzene rings is 1. The molecular formula is C10H15N3O5S. The summed E-state index contributed by atoms with van der Waals surface area (Å²) >= 11 is 0. The lowest BCUT2D eigenvalue weighted by Crippen LogP contribution is -2.33. The average molecular weight is 289 g/mol. The van der Waals surface area contributed by atoms with Crippen molar-refractivity contribution in [2.24, 2.45) is 0 Å². The van der Waals surface area contributed by atoms with Crippen LogP contribution >= 0.6 is 0 Å². The van der Waals surface area contributed by atoms with Gasteiger partial charge in [-0.1, -0.05) is 6.92 Å². The summed E-state index contributed by atoms with van der Waals surface area (Å²) in [6, 6.07) is 3.36. The van der Waals surface area contributed by atoms with Crippen molar-refractivity contribution in [1.29, 1.82) is 0 Å². The molecule has 0 radical (unpaired) electrons. The lowest BCUT2D eigenvalue weighted by Gasteiger charge is -2.19. The molecule has 0 aliphatic heterocycles. The minimum absolute atomic E-state index is 0.0921. The molecule has 0 aromatic heterocycles. The molecule has 0 bridgehead atoms. The van der Waals surface area contributed by atoms with Gasteiger partial charge in [0.2, 0.25) is 10.0 Å². The molecule has 0 atom stereocenters. The van der Waals surface area contributed by atoms with Crippen LogP contribution in [0.25, 0.3) is 0 Å². The molecule has 1 aromatic carbocycles. The molecule has 0 heterocycles. The summed E-state index contributed by atoms with van der Waals surface area (Å²) in [5.74, 6) is 0. The van der Waals surface area contributed by atoms with Crippen LogP contribution in [0.1, 0.15) is 6.92 Å². The Bertz CT molecular complexity index is 573. The summed E-state index contributed by atoms with van der Waals surface area (Å²) in [5.41, 5.74) is 5.06. The van der Waals surface area contributed by atoms with Gasteiger partial charge in [-0.05, 0) is 12.1 Å². The van der Waals surface area contributed by atoms with Crippen molar-refractivity contribution in [3.8, 4) is 0 Å². The van der Waals surface area contributed by atoms with Gasteiger partial charge < -0.3 is 10.8 Å². The van der Waals surface area contributed by atoms with Crippen LogP contribution < -0.4 is 5.73 Å². The van der Waals surface area contributed by atoms with E-state index in [9.17, 15) is 18.5 Å². The van der Waals surface area contributed by atoms with Gasteiger partial charge in [-0.3, -0.25) is 10.1 Å². The maximum atomic E-state index is 12.3. The quantitative estimate of drug-likeness (QED) is 0.437. The summed E-state index contributed by atoms with van der Waals surface area (Å²) in [6.45, 7) is 1.16. The number of nitrogens with two attached hydrogens (primary N) is 1. The fraction of sp³-hybridized carbons (Fsp3) is 0.400. The smallest absolute Gasteiger partial charge is 0.289 e. The van der Waals surface area contributed by atoms with Gasteiger partial charge in [0, 0.05) is 24.8 Å². The molecule has 0 saturated carbocycles. The van der Waals surface area contributed by atoms with Crippen LogP contribution in [0.5, 0.6) is 0 Å². The van der Waals surface area contributed by atoms with Crippen LogP contribution in [0, 0.1) is 10.1 Å². The molecule has 9 heteroatoms. The van der Waals surface area contributed by atoms with E-state index in [1.807, 2.05) is 0 Å². The number of hydrogen-bond donors (Lipinski definition) is 2. The van der Waals surface area contributed by atoms with Gasteiger partial charge in [-0.2, -0.15) is 4.31 Å². The van der Waals surface area contributed by atoms with Crippen LogP contribution in [0.3, 0.4) is 0 Å². The Labute approximate surface area is 110 Å². The molecule has 0 aliphatic carbocycles. The number of hydrogen-bond acceptors (Lipinski definition) is 6. The van der Waals surface area contributed by atoms with Gasteiger partial charge in [0.05, 0.1) is 11.5 Å². The van der Waals surface area contributed by atoms with Crippen LogP contribution in [0.2, 0.25) is 0 Å². The number of nitrogen functional groups attached to an aromatic ring is 1. The lowest BCUT2D eigenvalue weighted by molar-refractivity contribution is -0.387. The highest BCUT2D eigenvalue weighted by atomic mass is 32.2. The van der Waals surface area contributed by atoms with Crippen molar-refractivity contribution in [3.05, 3.63) is 28.3 Å². The number of aliphatic hydroxyl groups is 1. The van der Waals surface area contributed by atoms with Gasteiger partial charge in [0.15, 0.2) is 4.90 Å². The highest BCUT2D eigenvalue weighted by Gasteiger charge is 2.30. The van der Waals surface area contributed by atoms with E-state index in [1.54, 1.807) is 6.92 Å². The third-order valence-corrected chi connectivity index (χ3v) is 4.50. The van der Waals surface area contributed by atoms with E-state index in [0.717, 1.165) is 16.4 Å². The molecule has 0 unspecified atom stereocenters. The Morgan fingerprint density at radius 2 is 2.11 bits per heavy atom. The Morgan fingerprint density at radius 3 is 2.58 bits per heavy atom. The molecule has 19 heavy (non-hydrogen) atoms. The SMILES string of the molecule is CCN(CCO)S(=O)(=O)c1cc(N)ccc1[N+](=O)[O-]. The zero-order valence-corrected chi connectivity index (χ0v) is 11.1. The predicted octanol–water partition coefficient (Wildman–Crippen LogP) is 0.180. The molecule has 0 fully saturated rings. The van der Waals surface area contributed by atoms with E-state index in [0.29, 0.717) is 0 Å². The van der Waals surface area contributed by atoms with Crippen LogP contribution in [0.15, 0.2) is 23.1 Å². The zero-order valence-electron chi connectivity index (χ0n) is 10.3. The molecule has 1 rings (SSSR count). The van der Waals surface area contributed by atoms with Gasteiger partial charge in [-0.15, -0.1) is 0 Å². The third-order valence-electron chi connectivity index (χ3n) is 2.50. The zero-order chi connectivity index (χ0) is 14.6. The van der Waals surface area contributed by atoms with Gasteiger partial charge in [-0.25, -0.2) is 8.42 Å². The Hall–Kier alpha value is -1.71. The molecule has 106 valence electrons. The van der Waals surface area contributed by atoms with Crippen LogP contribution in [-0.4, -0.2) is 42.4 Å². The summed E-state index contributed by atoms with van der Waals surface area (Å²) < 4.78 is 25.5. The van der Waals surface area contributed by atoms with Crippen molar-refractivity contribution in [3.63, 3.8) is 0 Å². The predicted molar refractivity (Wildman–Crippen MR) is 69.0 cm³/mol. The summed E-state index contributed by atoms with van der Waals surface area (Å²) in [7, 11) is -4.06. The van der Waals surface area contributed by atoms with E-state index in [2.05, 4.69) is 0 Å². The third kappa shape index (κ3) is 3.19. The average Bonchev–Trinajstić information content (AvgIpc) is 2.35. The number of aliphatic hydroxyl groups excluding tert-OH is 1. The van der Waals surface area contributed by atoms with Gasteiger partial charge in [0.1, 0.15) is 0 Å². The summed E-state index contributed by atoms with van der Waals surface area (Å²) in [6.07, 6.45) is 0.